The van der Waals surface area contributed by atoms with Gasteiger partial charge in [0.05, 0.1) is 6.04 Å². The maximum Gasteiger partial charge on any atom is 0.221 e. The number of nitrogens with zero attached hydrogens (tertiary/aromatic N) is 1. The van der Waals surface area contributed by atoms with Gasteiger partial charge in [-0.2, -0.15) is 0 Å². The molecule has 2 rings (SSSR count). The molecule has 1 amide bonds. The summed E-state index contributed by atoms with van der Waals surface area (Å²) in [5, 5.41) is 5.05. The summed E-state index contributed by atoms with van der Waals surface area (Å²) in [6, 6.07) is 2.50. The first-order valence-electron chi connectivity index (χ1n) is 6.93. The highest BCUT2D eigenvalue weighted by atomic mass is 32.1. The van der Waals surface area contributed by atoms with Gasteiger partial charge in [-0.15, -0.1) is 11.3 Å². The predicted molar refractivity (Wildman–Crippen MR) is 79.3 cm³/mol. The maximum absolute atomic E-state index is 11.5. The van der Waals surface area contributed by atoms with Crippen molar-refractivity contribution in [1.82, 2.24) is 10.2 Å². The number of carbonyl (C=O) groups excluding carboxylic acids is 1. The summed E-state index contributed by atoms with van der Waals surface area (Å²) < 4.78 is 0. The van der Waals surface area contributed by atoms with E-state index in [1.807, 2.05) is 0 Å². The van der Waals surface area contributed by atoms with Gasteiger partial charge in [-0.05, 0) is 30.4 Å². The monoisotopic (exact) mass is 281 g/mol. The Morgan fingerprint density at radius 3 is 2.95 bits per heavy atom. The SMILES string of the molecule is CCC(N)C(c1sccc1C)N1CCNC(=O)CC1. The van der Waals surface area contributed by atoms with E-state index in [1.165, 1.54) is 10.4 Å². The molecule has 2 atom stereocenters. The quantitative estimate of drug-likeness (QED) is 0.882. The largest absolute Gasteiger partial charge is 0.355 e. The summed E-state index contributed by atoms with van der Waals surface area (Å²) in [5.41, 5.74) is 7.66. The molecule has 0 saturated carbocycles. The lowest BCUT2D eigenvalue weighted by atomic mass is 10.0. The first kappa shape index (κ1) is 14.5. The topological polar surface area (TPSA) is 58.4 Å². The van der Waals surface area contributed by atoms with Gasteiger partial charge in [-0.25, -0.2) is 0 Å². The molecular weight excluding hydrogens is 258 g/mol. The number of amides is 1. The number of rotatable bonds is 4. The van der Waals surface area contributed by atoms with E-state index in [9.17, 15) is 4.79 Å². The summed E-state index contributed by atoms with van der Waals surface area (Å²) in [7, 11) is 0. The second kappa shape index (κ2) is 6.50. The van der Waals surface area contributed by atoms with E-state index in [-0.39, 0.29) is 18.0 Å². The molecule has 0 aliphatic carbocycles. The second-order valence-electron chi connectivity index (χ2n) is 5.12. The Morgan fingerprint density at radius 2 is 2.32 bits per heavy atom. The Balaban J connectivity index is 2.22. The summed E-state index contributed by atoms with van der Waals surface area (Å²) in [6.07, 6.45) is 1.51. The Kier molecular flexibility index (Phi) is 4.96. The van der Waals surface area contributed by atoms with E-state index in [4.69, 9.17) is 5.73 Å². The standard InChI is InChI=1S/C14H23N3OS/c1-3-11(15)13(14-10(2)5-9-19-14)17-7-4-12(18)16-6-8-17/h5,9,11,13H,3-4,6-8,15H2,1-2H3,(H,16,18). The van der Waals surface area contributed by atoms with Crippen molar-refractivity contribution in [2.45, 2.75) is 38.8 Å². The van der Waals surface area contributed by atoms with Crippen LogP contribution < -0.4 is 11.1 Å². The van der Waals surface area contributed by atoms with E-state index in [0.717, 1.165) is 26.1 Å². The minimum Gasteiger partial charge on any atom is -0.355 e. The molecule has 2 unspecified atom stereocenters. The molecule has 2 heterocycles. The summed E-state index contributed by atoms with van der Waals surface area (Å²) >= 11 is 1.78. The minimum absolute atomic E-state index is 0.116. The van der Waals surface area contributed by atoms with Gasteiger partial charge in [0, 0.05) is 37.0 Å². The molecule has 106 valence electrons. The lowest BCUT2D eigenvalue weighted by Crippen LogP contribution is -2.42. The van der Waals surface area contributed by atoms with Crippen LogP contribution in [0.25, 0.3) is 0 Å². The van der Waals surface area contributed by atoms with Crippen molar-refractivity contribution < 1.29 is 4.79 Å². The van der Waals surface area contributed by atoms with Crippen LogP contribution in [0.15, 0.2) is 11.4 Å². The molecule has 1 aliphatic rings. The van der Waals surface area contributed by atoms with Crippen molar-refractivity contribution in [2.75, 3.05) is 19.6 Å². The van der Waals surface area contributed by atoms with E-state index >= 15 is 0 Å². The number of nitrogens with two attached hydrogens (primary N) is 1. The molecule has 3 N–H and O–H groups in total. The fourth-order valence-corrected chi connectivity index (χ4v) is 3.74. The molecule has 4 nitrogen and oxygen atoms in total. The van der Waals surface area contributed by atoms with Crippen molar-refractivity contribution in [3.8, 4) is 0 Å². The zero-order chi connectivity index (χ0) is 13.8. The van der Waals surface area contributed by atoms with E-state index in [0.29, 0.717) is 6.42 Å². The third-order valence-corrected chi connectivity index (χ3v) is 4.88. The van der Waals surface area contributed by atoms with E-state index < -0.39 is 0 Å². The molecule has 1 aromatic heterocycles. The normalized spacial score (nSPS) is 20.7. The molecule has 5 heteroatoms. The molecule has 1 fully saturated rings. The highest BCUT2D eigenvalue weighted by molar-refractivity contribution is 7.10. The molecule has 1 aromatic rings. The van der Waals surface area contributed by atoms with Crippen molar-refractivity contribution in [1.29, 1.82) is 0 Å². The van der Waals surface area contributed by atoms with Crippen LogP contribution >= 0.6 is 11.3 Å². The third-order valence-electron chi connectivity index (χ3n) is 3.79. The summed E-state index contributed by atoms with van der Waals surface area (Å²) in [4.78, 5) is 15.2. The van der Waals surface area contributed by atoms with Gasteiger partial charge in [0.1, 0.15) is 0 Å². The van der Waals surface area contributed by atoms with Crippen LogP contribution in [0, 0.1) is 6.92 Å². The highest BCUT2D eigenvalue weighted by Crippen LogP contribution is 2.32. The van der Waals surface area contributed by atoms with Gasteiger partial charge >= 0.3 is 0 Å². The Hall–Kier alpha value is -0.910. The molecule has 19 heavy (non-hydrogen) atoms. The van der Waals surface area contributed by atoms with Gasteiger partial charge in [0.2, 0.25) is 5.91 Å². The Labute approximate surface area is 119 Å². The maximum atomic E-state index is 11.5. The fraction of sp³-hybridized carbons (Fsp3) is 0.643. The lowest BCUT2D eigenvalue weighted by molar-refractivity contribution is -0.120. The number of hydrogen-bond donors (Lipinski definition) is 2. The van der Waals surface area contributed by atoms with Crippen LogP contribution in [0.3, 0.4) is 0 Å². The van der Waals surface area contributed by atoms with Gasteiger partial charge in [-0.1, -0.05) is 6.92 Å². The predicted octanol–water partition coefficient (Wildman–Crippen LogP) is 1.66. The van der Waals surface area contributed by atoms with Gasteiger partial charge in [-0.3, -0.25) is 9.69 Å². The van der Waals surface area contributed by atoms with Crippen LogP contribution in [0.1, 0.15) is 36.2 Å². The van der Waals surface area contributed by atoms with Gasteiger partial charge < -0.3 is 11.1 Å². The number of hydrogen-bond acceptors (Lipinski definition) is 4. The average molecular weight is 281 g/mol. The van der Waals surface area contributed by atoms with Gasteiger partial charge in [0.15, 0.2) is 0 Å². The van der Waals surface area contributed by atoms with Crippen molar-refractivity contribution in [3.63, 3.8) is 0 Å². The van der Waals surface area contributed by atoms with E-state index in [1.54, 1.807) is 11.3 Å². The molecule has 1 aliphatic heterocycles. The summed E-state index contributed by atoms with van der Waals surface area (Å²) in [6.45, 7) is 6.66. The van der Waals surface area contributed by atoms with Crippen LogP contribution in [-0.4, -0.2) is 36.5 Å². The van der Waals surface area contributed by atoms with Crippen LogP contribution in [0.4, 0.5) is 0 Å². The fourth-order valence-electron chi connectivity index (χ4n) is 2.60. The number of aryl methyl sites for hydroxylation is 1. The number of nitrogens with one attached hydrogen (secondary N) is 1. The van der Waals surface area contributed by atoms with Crippen LogP contribution in [-0.2, 0) is 4.79 Å². The third kappa shape index (κ3) is 3.35. The molecular formula is C14H23N3OS. The second-order valence-corrected chi connectivity index (χ2v) is 6.07. The zero-order valence-electron chi connectivity index (χ0n) is 11.7. The molecule has 0 radical (unpaired) electrons. The number of thiophene rings is 1. The van der Waals surface area contributed by atoms with Crippen LogP contribution in [0.5, 0.6) is 0 Å². The minimum atomic E-state index is 0.116. The number of carbonyl (C=O) groups is 1. The Bertz CT molecular complexity index is 432. The van der Waals surface area contributed by atoms with Gasteiger partial charge in [0.25, 0.3) is 0 Å². The van der Waals surface area contributed by atoms with Crippen molar-refractivity contribution in [2.24, 2.45) is 5.73 Å². The Morgan fingerprint density at radius 1 is 1.53 bits per heavy atom. The zero-order valence-corrected chi connectivity index (χ0v) is 12.5. The molecule has 0 bridgehead atoms. The average Bonchev–Trinajstić information content (AvgIpc) is 2.69. The molecule has 0 spiro atoms. The highest BCUT2D eigenvalue weighted by Gasteiger charge is 2.29. The van der Waals surface area contributed by atoms with Crippen molar-refractivity contribution in [3.05, 3.63) is 21.9 Å². The smallest absolute Gasteiger partial charge is 0.221 e. The lowest BCUT2D eigenvalue weighted by Gasteiger charge is -2.34. The van der Waals surface area contributed by atoms with Crippen molar-refractivity contribution >= 4 is 17.2 Å². The molecule has 1 saturated heterocycles. The van der Waals surface area contributed by atoms with E-state index in [2.05, 4.69) is 35.5 Å². The van der Waals surface area contributed by atoms with Crippen LogP contribution in [0.2, 0.25) is 0 Å². The first-order valence-corrected chi connectivity index (χ1v) is 7.81. The molecule has 0 aromatic carbocycles. The summed E-state index contributed by atoms with van der Waals surface area (Å²) in [5.74, 6) is 0.147. The first-order chi connectivity index (χ1) is 9.13.